The average molecular weight is 163 g/mol. The summed E-state index contributed by atoms with van der Waals surface area (Å²) in [5.74, 6) is 5.33. The number of benzene rings is 1. The molecular formula is C7H9N5. The van der Waals surface area contributed by atoms with Crippen molar-refractivity contribution in [2.24, 2.45) is 11.1 Å². The summed E-state index contributed by atoms with van der Waals surface area (Å²) < 4.78 is 0. The van der Waals surface area contributed by atoms with Gasteiger partial charge in [-0.2, -0.15) is 15.9 Å². The molecule has 0 bridgehead atoms. The Bertz CT molecular complexity index is 277. The molecule has 0 saturated carbocycles. The Labute approximate surface area is 70.0 Å². The van der Waals surface area contributed by atoms with Gasteiger partial charge in [0.1, 0.15) is 6.54 Å². The Balaban J connectivity index is 2.58. The zero-order chi connectivity index (χ0) is 8.81. The van der Waals surface area contributed by atoms with Crippen LogP contribution in [0.3, 0.4) is 0 Å². The topological polar surface area (TPSA) is 78.0 Å². The predicted molar refractivity (Wildman–Crippen MR) is 45.3 cm³/mol. The molecule has 1 aromatic rings. The summed E-state index contributed by atoms with van der Waals surface area (Å²) in [5.41, 5.74) is 9.06. The Morgan fingerprint density at radius 1 is 1.42 bits per heavy atom. The lowest BCUT2D eigenvalue weighted by Crippen LogP contribution is -2.23. The van der Waals surface area contributed by atoms with Crippen LogP contribution in [0.1, 0.15) is 5.56 Å². The van der Waals surface area contributed by atoms with Gasteiger partial charge >= 0.3 is 0 Å². The lowest BCUT2D eigenvalue weighted by atomic mass is 10.2. The maximum atomic E-state index is 8.05. The van der Waals surface area contributed by atoms with Gasteiger partial charge in [-0.25, -0.2) is 0 Å². The second-order valence-electron chi connectivity index (χ2n) is 2.26. The van der Waals surface area contributed by atoms with Crippen molar-refractivity contribution in [2.75, 3.05) is 0 Å². The standard InChI is InChI=1S/C7H9N5/c8-10-11-12(9)6-7-4-2-1-3-5-7/h1-5H,6,9H2. The maximum Gasteiger partial charge on any atom is 0.134 e. The summed E-state index contributed by atoms with van der Waals surface area (Å²) in [4.78, 5) is 2.56. The fraction of sp³-hybridized carbons (Fsp3) is 0.143. The van der Waals surface area contributed by atoms with Gasteiger partial charge in [0, 0.05) is 5.22 Å². The zero-order valence-corrected chi connectivity index (χ0v) is 6.46. The van der Waals surface area contributed by atoms with E-state index < -0.39 is 0 Å². The third-order valence-electron chi connectivity index (χ3n) is 1.34. The maximum absolute atomic E-state index is 8.05. The molecular weight excluding hydrogens is 154 g/mol. The molecule has 2 N–H and O–H groups in total. The molecule has 0 heterocycles. The fourth-order valence-electron chi connectivity index (χ4n) is 0.853. The third kappa shape index (κ3) is 2.49. The van der Waals surface area contributed by atoms with Crippen LogP contribution in [0, 0.1) is 0 Å². The molecule has 0 saturated heterocycles. The van der Waals surface area contributed by atoms with Gasteiger partial charge < -0.3 is 0 Å². The number of nitrogens with zero attached hydrogens (tertiary/aromatic N) is 4. The number of hydrogen-bond donors (Lipinski definition) is 1. The van der Waals surface area contributed by atoms with Gasteiger partial charge in [0.05, 0.1) is 0 Å². The Kier molecular flexibility index (Phi) is 2.95. The molecule has 0 radical (unpaired) electrons. The highest BCUT2D eigenvalue weighted by Crippen LogP contribution is 2.00. The van der Waals surface area contributed by atoms with E-state index in [0.29, 0.717) is 6.54 Å². The fourth-order valence-corrected chi connectivity index (χ4v) is 0.853. The minimum Gasteiger partial charge on any atom is -0.171 e. The molecule has 62 valence electrons. The van der Waals surface area contributed by atoms with Crippen molar-refractivity contribution in [3.63, 3.8) is 0 Å². The summed E-state index contributed by atoms with van der Waals surface area (Å²) in [7, 11) is 0. The molecule has 12 heavy (non-hydrogen) atoms. The van der Waals surface area contributed by atoms with Crippen LogP contribution in [0.15, 0.2) is 35.6 Å². The van der Waals surface area contributed by atoms with Crippen LogP contribution in [-0.4, -0.2) is 5.12 Å². The summed E-state index contributed by atoms with van der Waals surface area (Å²) in [6, 6.07) is 9.54. The van der Waals surface area contributed by atoms with Crippen LogP contribution >= 0.6 is 0 Å². The summed E-state index contributed by atoms with van der Waals surface area (Å²) in [5, 5.41) is 4.26. The molecule has 0 atom stereocenters. The number of nitrogens with two attached hydrogens (primary N) is 1. The van der Waals surface area contributed by atoms with Crippen molar-refractivity contribution in [1.82, 2.24) is 5.12 Å². The molecule has 0 aliphatic heterocycles. The first-order valence-corrected chi connectivity index (χ1v) is 3.44. The lowest BCUT2D eigenvalue weighted by Gasteiger charge is -2.04. The van der Waals surface area contributed by atoms with E-state index in [1.54, 1.807) is 0 Å². The first kappa shape index (κ1) is 8.39. The van der Waals surface area contributed by atoms with Crippen molar-refractivity contribution in [2.45, 2.75) is 6.54 Å². The first-order valence-electron chi connectivity index (χ1n) is 3.44. The van der Waals surface area contributed by atoms with Gasteiger partial charge in [-0.3, -0.25) is 0 Å². The third-order valence-corrected chi connectivity index (χ3v) is 1.34. The highest BCUT2D eigenvalue weighted by Gasteiger charge is 1.97. The number of hydrazine groups is 1. The first-order chi connectivity index (χ1) is 5.83. The molecule has 0 fully saturated rings. The Morgan fingerprint density at radius 2 is 2.08 bits per heavy atom. The van der Waals surface area contributed by atoms with Gasteiger partial charge in [0.2, 0.25) is 0 Å². The smallest absolute Gasteiger partial charge is 0.134 e. The van der Waals surface area contributed by atoms with Crippen LogP contribution in [0.5, 0.6) is 0 Å². The molecule has 0 aliphatic carbocycles. The van der Waals surface area contributed by atoms with E-state index in [2.05, 4.69) is 10.1 Å². The minimum absolute atomic E-state index is 0.422. The van der Waals surface area contributed by atoms with E-state index in [9.17, 15) is 0 Å². The average Bonchev–Trinajstić information content (AvgIpc) is 2.06. The van der Waals surface area contributed by atoms with Gasteiger partial charge in [-0.05, 0) is 5.56 Å². The Morgan fingerprint density at radius 3 is 2.67 bits per heavy atom. The molecule has 0 spiro atoms. The highest BCUT2D eigenvalue weighted by atomic mass is 15.7. The largest absolute Gasteiger partial charge is 0.171 e. The number of hydrogen-bond acceptors (Lipinski definition) is 2. The molecule has 5 nitrogen and oxygen atoms in total. The minimum atomic E-state index is 0.422. The summed E-state index contributed by atoms with van der Waals surface area (Å²) >= 11 is 0. The van der Waals surface area contributed by atoms with E-state index in [1.807, 2.05) is 30.3 Å². The molecule has 0 aliphatic rings. The highest BCUT2D eigenvalue weighted by molar-refractivity contribution is 5.13. The van der Waals surface area contributed by atoms with Crippen LogP contribution in [0.4, 0.5) is 0 Å². The number of rotatable bonds is 3. The van der Waals surface area contributed by atoms with Crippen molar-refractivity contribution in [1.29, 1.82) is 0 Å². The quantitative estimate of drug-likeness (QED) is 0.241. The SMILES string of the molecule is [N-]=[N+]=NN(N)Cc1ccccc1. The van der Waals surface area contributed by atoms with Gasteiger partial charge in [-0.15, -0.1) is 5.53 Å². The molecule has 0 unspecified atom stereocenters. The van der Waals surface area contributed by atoms with Crippen molar-refractivity contribution >= 4 is 0 Å². The van der Waals surface area contributed by atoms with Crippen LogP contribution in [0.25, 0.3) is 10.4 Å². The second kappa shape index (κ2) is 4.23. The normalized spacial score (nSPS) is 8.75. The van der Waals surface area contributed by atoms with E-state index in [-0.39, 0.29) is 0 Å². The van der Waals surface area contributed by atoms with Crippen LogP contribution in [-0.2, 0) is 6.54 Å². The summed E-state index contributed by atoms with van der Waals surface area (Å²) in [6.45, 7) is 0.422. The lowest BCUT2D eigenvalue weighted by molar-refractivity contribution is 0.284. The van der Waals surface area contributed by atoms with E-state index >= 15 is 0 Å². The molecule has 1 aromatic carbocycles. The monoisotopic (exact) mass is 163 g/mol. The Hall–Kier alpha value is -1.71. The molecule has 0 aromatic heterocycles. The summed E-state index contributed by atoms with van der Waals surface area (Å²) in [6.07, 6.45) is 0. The van der Waals surface area contributed by atoms with Crippen LogP contribution < -0.4 is 5.84 Å². The van der Waals surface area contributed by atoms with E-state index in [4.69, 9.17) is 11.4 Å². The van der Waals surface area contributed by atoms with Crippen molar-refractivity contribution in [3.8, 4) is 0 Å². The number of azide groups is 1. The van der Waals surface area contributed by atoms with Gasteiger partial charge in [0.15, 0.2) is 0 Å². The second-order valence-corrected chi connectivity index (χ2v) is 2.26. The van der Waals surface area contributed by atoms with Crippen molar-refractivity contribution in [3.05, 3.63) is 46.3 Å². The predicted octanol–water partition coefficient (Wildman–Crippen LogP) is 1.59. The van der Waals surface area contributed by atoms with Crippen LogP contribution in [0.2, 0.25) is 0 Å². The molecule has 0 amide bonds. The molecule has 1 rings (SSSR count). The zero-order valence-electron chi connectivity index (χ0n) is 6.46. The van der Waals surface area contributed by atoms with E-state index in [1.165, 1.54) is 0 Å². The van der Waals surface area contributed by atoms with Crippen molar-refractivity contribution < 1.29 is 0 Å². The van der Waals surface area contributed by atoms with E-state index in [0.717, 1.165) is 10.7 Å². The molecule has 5 heteroatoms. The van der Waals surface area contributed by atoms with Gasteiger partial charge in [-0.1, -0.05) is 30.3 Å². The van der Waals surface area contributed by atoms with Gasteiger partial charge in [0.25, 0.3) is 0 Å².